The molecule has 88 valence electrons. The summed E-state index contributed by atoms with van der Waals surface area (Å²) in [5, 5.41) is 3.86. The van der Waals surface area contributed by atoms with Crippen molar-refractivity contribution in [1.29, 1.82) is 0 Å². The summed E-state index contributed by atoms with van der Waals surface area (Å²) in [5.41, 5.74) is 0. The highest BCUT2D eigenvalue weighted by Gasteiger charge is 2.33. The first kappa shape index (κ1) is 11.4. The van der Waals surface area contributed by atoms with Gasteiger partial charge in [-0.2, -0.15) is 0 Å². The summed E-state index contributed by atoms with van der Waals surface area (Å²) in [6.45, 7) is 7.27. The summed E-state index contributed by atoms with van der Waals surface area (Å²) in [6, 6.07) is 0.749. The smallest absolute Gasteiger partial charge is 0.0601 e. The lowest BCUT2D eigenvalue weighted by Crippen LogP contribution is -2.57. The van der Waals surface area contributed by atoms with Crippen molar-refractivity contribution in [1.82, 2.24) is 10.2 Å². The molecule has 3 saturated heterocycles. The van der Waals surface area contributed by atoms with Gasteiger partial charge in [0.05, 0.1) is 6.17 Å². The lowest BCUT2D eigenvalue weighted by molar-refractivity contribution is 0.0237. The Morgan fingerprint density at radius 1 is 1.27 bits per heavy atom. The fraction of sp³-hybridized carbons (Fsp3) is 1.00. The van der Waals surface area contributed by atoms with E-state index in [0.717, 1.165) is 12.0 Å². The Bertz CT molecular complexity index is 185. The second-order valence-electron chi connectivity index (χ2n) is 5.29. The van der Waals surface area contributed by atoms with Crippen molar-refractivity contribution in [3.8, 4) is 0 Å². The predicted octanol–water partition coefficient (Wildman–Crippen LogP) is 2.60. The first-order valence-electron chi connectivity index (χ1n) is 6.83. The Labute approximate surface area is 94.4 Å². The lowest BCUT2D eigenvalue weighted by atomic mass is 9.86. The van der Waals surface area contributed by atoms with Gasteiger partial charge >= 0.3 is 0 Å². The van der Waals surface area contributed by atoms with Crippen molar-refractivity contribution in [2.45, 2.75) is 64.6 Å². The Balaban J connectivity index is 1.83. The molecule has 2 bridgehead atoms. The summed E-state index contributed by atoms with van der Waals surface area (Å²) >= 11 is 0. The number of piperidine rings is 3. The van der Waals surface area contributed by atoms with Crippen LogP contribution in [0.15, 0.2) is 0 Å². The maximum atomic E-state index is 3.86. The maximum Gasteiger partial charge on any atom is 0.0601 e. The van der Waals surface area contributed by atoms with Gasteiger partial charge in [-0.25, -0.2) is 0 Å². The van der Waals surface area contributed by atoms with Crippen molar-refractivity contribution >= 4 is 0 Å². The third-order valence-electron chi connectivity index (χ3n) is 4.20. The average molecular weight is 210 g/mol. The van der Waals surface area contributed by atoms with Crippen molar-refractivity contribution < 1.29 is 0 Å². The SMILES string of the molecule is CCCC(CC)NC1CC2CCN1CC2. The summed E-state index contributed by atoms with van der Waals surface area (Å²) in [4.78, 5) is 2.66. The van der Waals surface area contributed by atoms with Crippen LogP contribution in [0.3, 0.4) is 0 Å². The second-order valence-corrected chi connectivity index (χ2v) is 5.29. The third-order valence-corrected chi connectivity index (χ3v) is 4.20. The van der Waals surface area contributed by atoms with Crippen LogP contribution in [0.4, 0.5) is 0 Å². The van der Waals surface area contributed by atoms with E-state index in [-0.39, 0.29) is 0 Å². The molecule has 0 saturated carbocycles. The van der Waals surface area contributed by atoms with Gasteiger partial charge in [0.25, 0.3) is 0 Å². The first-order chi connectivity index (χ1) is 7.33. The molecular formula is C13H26N2. The molecule has 3 heterocycles. The molecule has 0 amide bonds. The van der Waals surface area contributed by atoms with E-state index in [1.807, 2.05) is 0 Å². The quantitative estimate of drug-likeness (QED) is 0.750. The van der Waals surface area contributed by atoms with E-state index < -0.39 is 0 Å². The number of rotatable bonds is 5. The molecule has 3 aliphatic rings. The highest BCUT2D eigenvalue weighted by molar-refractivity contribution is 4.87. The molecule has 2 heteroatoms. The molecule has 2 atom stereocenters. The van der Waals surface area contributed by atoms with E-state index in [4.69, 9.17) is 0 Å². The molecule has 0 radical (unpaired) electrons. The Hall–Kier alpha value is -0.0800. The number of nitrogens with zero attached hydrogens (tertiary/aromatic N) is 1. The van der Waals surface area contributed by atoms with E-state index in [1.54, 1.807) is 0 Å². The zero-order valence-electron chi connectivity index (χ0n) is 10.3. The van der Waals surface area contributed by atoms with Crippen LogP contribution in [0.1, 0.15) is 52.4 Å². The zero-order valence-corrected chi connectivity index (χ0v) is 10.3. The van der Waals surface area contributed by atoms with Gasteiger partial charge in [0.2, 0.25) is 0 Å². The van der Waals surface area contributed by atoms with E-state index in [1.165, 1.54) is 51.6 Å². The first-order valence-corrected chi connectivity index (χ1v) is 6.83. The van der Waals surface area contributed by atoms with Gasteiger partial charge in [-0.1, -0.05) is 20.3 Å². The highest BCUT2D eigenvalue weighted by atomic mass is 15.3. The fourth-order valence-electron chi connectivity index (χ4n) is 3.16. The molecule has 0 spiro atoms. The molecule has 15 heavy (non-hydrogen) atoms. The summed E-state index contributed by atoms with van der Waals surface area (Å²) in [7, 11) is 0. The summed E-state index contributed by atoms with van der Waals surface area (Å²) in [5.74, 6) is 1.02. The van der Waals surface area contributed by atoms with Crippen LogP contribution in [0, 0.1) is 5.92 Å². The number of hydrogen-bond donors (Lipinski definition) is 1. The molecule has 1 N–H and O–H groups in total. The molecule has 3 aliphatic heterocycles. The molecule has 0 aliphatic carbocycles. The molecule has 0 aromatic rings. The average Bonchev–Trinajstić information content (AvgIpc) is 2.30. The van der Waals surface area contributed by atoms with Gasteiger partial charge in [0, 0.05) is 6.04 Å². The van der Waals surface area contributed by atoms with Gasteiger partial charge in [-0.3, -0.25) is 10.2 Å². The van der Waals surface area contributed by atoms with Gasteiger partial charge in [0.15, 0.2) is 0 Å². The monoisotopic (exact) mass is 210 g/mol. The van der Waals surface area contributed by atoms with Crippen LogP contribution in [0.5, 0.6) is 0 Å². The highest BCUT2D eigenvalue weighted by Crippen LogP contribution is 2.31. The van der Waals surface area contributed by atoms with Crippen LogP contribution in [-0.4, -0.2) is 30.2 Å². The topological polar surface area (TPSA) is 15.3 Å². The minimum absolute atomic E-state index is 0.703. The molecule has 2 nitrogen and oxygen atoms in total. The van der Waals surface area contributed by atoms with E-state index in [2.05, 4.69) is 24.1 Å². The Morgan fingerprint density at radius 3 is 2.47 bits per heavy atom. The maximum absolute atomic E-state index is 3.86. The number of fused-ring (bicyclic) bond motifs is 3. The summed E-state index contributed by atoms with van der Waals surface area (Å²) in [6.07, 6.45) is 8.93. The van der Waals surface area contributed by atoms with Crippen LogP contribution in [0.25, 0.3) is 0 Å². The van der Waals surface area contributed by atoms with Crippen LogP contribution in [0.2, 0.25) is 0 Å². The zero-order chi connectivity index (χ0) is 10.7. The van der Waals surface area contributed by atoms with Gasteiger partial charge in [-0.15, -0.1) is 0 Å². The Kier molecular flexibility index (Phi) is 4.04. The van der Waals surface area contributed by atoms with Crippen molar-refractivity contribution in [3.05, 3.63) is 0 Å². The second kappa shape index (κ2) is 5.31. The van der Waals surface area contributed by atoms with Crippen molar-refractivity contribution in [2.24, 2.45) is 5.92 Å². The van der Waals surface area contributed by atoms with Crippen molar-refractivity contribution in [3.63, 3.8) is 0 Å². The van der Waals surface area contributed by atoms with Crippen LogP contribution >= 0.6 is 0 Å². The van der Waals surface area contributed by atoms with Crippen molar-refractivity contribution in [2.75, 3.05) is 13.1 Å². The molecule has 0 aromatic carbocycles. The van der Waals surface area contributed by atoms with Crippen LogP contribution in [-0.2, 0) is 0 Å². The molecule has 3 rings (SSSR count). The summed E-state index contributed by atoms with van der Waals surface area (Å²) < 4.78 is 0. The Morgan fingerprint density at radius 2 is 2.00 bits per heavy atom. The fourth-order valence-corrected chi connectivity index (χ4v) is 3.16. The predicted molar refractivity (Wildman–Crippen MR) is 64.8 cm³/mol. The van der Waals surface area contributed by atoms with Gasteiger partial charge in [0.1, 0.15) is 0 Å². The van der Waals surface area contributed by atoms with Gasteiger partial charge in [-0.05, 0) is 51.1 Å². The lowest BCUT2D eigenvalue weighted by Gasteiger charge is -2.46. The minimum atomic E-state index is 0.703. The molecule has 2 unspecified atom stereocenters. The largest absolute Gasteiger partial charge is 0.299 e. The normalized spacial score (nSPS) is 36.8. The molecule has 0 aromatic heterocycles. The third kappa shape index (κ3) is 2.73. The minimum Gasteiger partial charge on any atom is -0.299 e. The molecule has 3 fully saturated rings. The van der Waals surface area contributed by atoms with E-state index in [9.17, 15) is 0 Å². The van der Waals surface area contributed by atoms with Crippen LogP contribution < -0.4 is 5.32 Å². The van der Waals surface area contributed by atoms with Gasteiger partial charge < -0.3 is 0 Å². The van der Waals surface area contributed by atoms with E-state index in [0.29, 0.717) is 6.17 Å². The number of nitrogens with one attached hydrogen (secondary N) is 1. The molecular weight excluding hydrogens is 184 g/mol. The standard InChI is InChI=1S/C13H26N2/c1-3-5-12(4-2)14-13-10-11-6-8-15(13)9-7-11/h11-14H,3-10H2,1-2H3. The number of hydrogen-bond acceptors (Lipinski definition) is 2. The van der Waals surface area contributed by atoms with E-state index >= 15 is 0 Å².